The second-order valence-corrected chi connectivity index (χ2v) is 6.76. The minimum absolute atomic E-state index is 0.0881. The van der Waals surface area contributed by atoms with E-state index >= 15 is 0 Å². The molecule has 1 heterocycles. The van der Waals surface area contributed by atoms with Crippen LogP contribution in [0.1, 0.15) is 13.3 Å². The molecule has 1 aromatic rings. The van der Waals surface area contributed by atoms with Crippen molar-refractivity contribution in [2.24, 2.45) is 0 Å². The van der Waals surface area contributed by atoms with Gasteiger partial charge in [0, 0.05) is 18.6 Å². The fourth-order valence-electron chi connectivity index (χ4n) is 1.12. The minimum atomic E-state index is -2.96. The molecule has 0 saturated carbocycles. The molecule has 0 amide bonds. The standard InChI is InChI=1S/C8H15N3O3S2/c1-3-4-11-7(12)9-10-8(11)15-5-6-16(2,13)14/h3-6H2,1-2H3,(H,9,12). The van der Waals surface area contributed by atoms with E-state index in [9.17, 15) is 13.2 Å². The Morgan fingerprint density at radius 2 is 2.19 bits per heavy atom. The quantitative estimate of drug-likeness (QED) is 0.738. The van der Waals surface area contributed by atoms with Gasteiger partial charge in [-0.3, -0.25) is 4.57 Å². The summed E-state index contributed by atoms with van der Waals surface area (Å²) in [5.41, 5.74) is -0.247. The number of nitrogens with zero attached hydrogens (tertiary/aromatic N) is 2. The zero-order valence-corrected chi connectivity index (χ0v) is 10.9. The lowest BCUT2D eigenvalue weighted by Crippen LogP contribution is -2.17. The molecule has 0 aliphatic rings. The molecule has 0 bridgehead atoms. The Kier molecular flexibility index (Phi) is 4.60. The van der Waals surface area contributed by atoms with Gasteiger partial charge in [-0.2, -0.15) is 0 Å². The highest BCUT2D eigenvalue weighted by atomic mass is 32.2. The fraction of sp³-hybridized carbons (Fsp3) is 0.750. The third-order valence-electron chi connectivity index (χ3n) is 1.86. The van der Waals surface area contributed by atoms with Gasteiger partial charge in [-0.1, -0.05) is 18.7 Å². The van der Waals surface area contributed by atoms with Gasteiger partial charge in [0.1, 0.15) is 9.84 Å². The van der Waals surface area contributed by atoms with Crippen molar-refractivity contribution in [2.75, 3.05) is 17.8 Å². The molecule has 0 aliphatic carbocycles. The first kappa shape index (κ1) is 13.3. The molecule has 0 atom stereocenters. The number of nitrogens with one attached hydrogen (secondary N) is 1. The summed E-state index contributed by atoms with van der Waals surface area (Å²) in [6.45, 7) is 2.56. The Morgan fingerprint density at radius 3 is 2.75 bits per heavy atom. The van der Waals surface area contributed by atoms with E-state index in [1.807, 2.05) is 6.92 Å². The molecular weight excluding hydrogens is 250 g/mol. The van der Waals surface area contributed by atoms with E-state index < -0.39 is 9.84 Å². The third kappa shape index (κ3) is 4.01. The van der Waals surface area contributed by atoms with Crippen LogP contribution >= 0.6 is 11.8 Å². The van der Waals surface area contributed by atoms with Crippen LogP contribution in [0.2, 0.25) is 0 Å². The maximum absolute atomic E-state index is 11.3. The summed E-state index contributed by atoms with van der Waals surface area (Å²) in [7, 11) is -2.96. The molecule has 1 rings (SSSR count). The first-order valence-corrected chi connectivity index (χ1v) is 7.94. The van der Waals surface area contributed by atoms with E-state index in [0.29, 0.717) is 17.5 Å². The van der Waals surface area contributed by atoms with Gasteiger partial charge in [-0.25, -0.2) is 18.3 Å². The normalized spacial score (nSPS) is 11.9. The Labute approximate surface area is 98.4 Å². The van der Waals surface area contributed by atoms with E-state index in [1.54, 1.807) is 0 Å². The molecule has 8 heteroatoms. The number of thioether (sulfide) groups is 1. The first-order chi connectivity index (χ1) is 7.44. The van der Waals surface area contributed by atoms with Gasteiger partial charge < -0.3 is 0 Å². The van der Waals surface area contributed by atoms with Gasteiger partial charge in [0.05, 0.1) is 5.75 Å². The van der Waals surface area contributed by atoms with Crippen molar-refractivity contribution >= 4 is 21.6 Å². The Bertz CT molecular complexity index is 489. The van der Waals surface area contributed by atoms with Crippen molar-refractivity contribution in [3.8, 4) is 0 Å². The summed E-state index contributed by atoms with van der Waals surface area (Å²) in [4.78, 5) is 11.3. The lowest BCUT2D eigenvalue weighted by atomic mass is 10.5. The molecule has 0 unspecified atom stereocenters. The molecule has 16 heavy (non-hydrogen) atoms. The predicted octanol–water partition coefficient (Wildman–Crippen LogP) is 0.118. The first-order valence-electron chi connectivity index (χ1n) is 4.89. The minimum Gasteiger partial charge on any atom is -0.270 e. The van der Waals surface area contributed by atoms with Crippen molar-refractivity contribution in [2.45, 2.75) is 25.0 Å². The van der Waals surface area contributed by atoms with E-state index in [-0.39, 0.29) is 11.4 Å². The number of sulfone groups is 1. The Morgan fingerprint density at radius 1 is 1.50 bits per heavy atom. The molecule has 1 aromatic heterocycles. The molecule has 0 spiro atoms. The van der Waals surface area contributed by atoms with Gasteiger partial charge in [0.15, 0.2) is 5.16 Å². The second kappa shape index (κ2) is 5.53. The summed E-state index contributed by atoms with van der Waals surface area (Å²) in [5.74, 6) is 0.498. The van der Waals surface area contributed by atoms with Gasteiger partial charge in [0.25, 0.3) is 0 Å². The monoisotopic (exact) mass is 265 g/mol. The van der Waals surface area contributed by atoms with E-state index in [4.69, 9.17) is 0 Å². The molecule has 92 valence electrons. The highest BCUT2D eigenvalue weighted by molar-refractivity contribution is 8.00. The average Bonchev–Trinajstić information content (AvgIpc) is 2.48. The van der Waals surface area contributed by atoms with E-state index in [0.717, 1.165) is 6.42 Å². The highest BCUT2D eigenvalue weighted by Gasteiger charge is 2.09. The Balaban J connectivity index is 2.64. The SMILES string of the molecule is CCCn1c(SCCS(C)(=O)=O)n[nH]c1=O. The summed E-state index contributed by atoms with van der Waals surface area (Å²) in [6.07, 6.45) is 2.02. The zero-order valence-electron chi connectivity index (χ0n) is 9.26. The summed E-state index contributed by atoms with van der Waals surface area (Å²) < 4.78 is 23.4. The van der Waals surface area contributed by atoms with Crippen LogP contribution in [0.4, 0.5) is 0 Å². The van der Waals surface area contributed by atoms with Crippen LogP contribution in [-0.4, -0.2) is 40.9 Å². The van der Waals surface area contributed by atoms with Crippen molar-refractivity contribution in [1.29, 1.82) is 0 Å². The van der Waals surface area contributed by atoms with Crippen LogP contribution in [0.5, 0.6) is 0 Å². The smallest absolute Gasteiger partial charge is 0.270 e. The number of aromatic amines is 1. The molecular formula is C8H15N3O3S2. The number of H-pyrrole nitrogens is 1. The van der Waals surface area contributed by atoms with Gasteiger partial charge >= 0.3 is 5.69 Å². The third-order valence-corrected chi connectivity index (χ3v) is 4.04. The molecule has 0 fully saturated rings. The number of hydrogen-bond acceptors (Lipinski definition) is 5. The molecule has 6 nitrogen and oxygen atoms in total. The number of aromatic nitrogens is 3. The zero-order chi connectivity index (χ0) is 12.2. The Hall–Kier alpha value is -0.760. The largest absolute Gasteiger partial charge is 0.343 e. The lowest BCUT2D eigenvalue weighted by Gasteiger charge is -2.02. The summed E-state index contributed by atoms with van der Waals surface area (Å²) in [6, 6.07) is 0. The van der Waals surface area contributed by atoms with Gasteiger partial charge in [-0.05, 0) is 6.42 Å². The number of hydrogen-bond donors (Lipinski definition) is 1. The molecule has 0 radical (unpaired) electrons. The van der Waals surface area contributed by atoms with E-state index in [1.165, 1.54) is 22.6 Å². The van der Waals surface area contributed by atoms with Gasteiger partial charge in [-0.15, -0.1) is 5.10 Å². The van der Waals surface area contributed by atoms with Crippen molar-refractivity contribution in [1.82, 2.24) is 14.8 Å². The predicted molar refractivity (Wildman–Crippen MR) is 63.6 cm³/mol. The maximum Gasteiger partial charge on any atom is 0.343 e. The second-order valence-electron chi connectivity index (χ2n) is 3.44. The molecule has 0 saturated heterocycles. The van der Waals surface area contributed by atoms with Crippen LogP contribution in [0, 0.1) is 0 Å². The maximum atomic E-state index is 11.3. The van der Waals surface area contributed by atoms with Crippen LogP contribution in [0.15, 0.2) is 9.95 Å². The lowest BCUT2D eigenvalue weighted by molar-refractivity contribution is 0.601. The molecule has 0 aromatic carbocycles. The summed E-state index contributed by atoms with van der Waals surface area (Å²) >= 11 is 1.28. The van der Waals surface area contributed by atoms with Crippen LogP contribution < -0.4 is 5.69 Å². The summed E-state index contributed by atoms with van der Waals surface area (Å²) in [5, 5.41) is 6.76. The van der Waals surface area contributed by atoms with Crippen LogP contribution in [0.3, 0.4) is 0 Å². The van der Waals surface area contributed by atoms with E-state index in [2.05, 4.69) is 10.2 Å². The molecule has 0 aliphatic heterocycles. The van der Waals surface area contributed by atoms with Crippen molar-refractivity contribution in [3.05, 3.63) is 10.5 Å². The van der Waals surface area contributed by atoms with Gasteiger partial charge in [0.2, 0.25) is 0 Å². The fourth-order valence-corrected chi connectivity index (χ4v) is 3.29. The van der Waals surface area contributed by atoms with Crippen LogP contribution in [0.25, 0.3) is 0 Å². The van der Waals surface area contributed by atoms with Crippen molar-refractivity contribution in [3.63, 3.8) is 0 Å². The highest BCUT2D eigenvalue weighted by Crippen LogP contribution is 2.13. The molecule has 1 N–H and O–H groups in total. The average molecular weight is 265 g/mol. The van der Waals surface area contributed by atoms with Crippen LogP contribution in [-0.2, 0) is 16.4 Å². The number of rotatable bonds is 6. The topological polar surface area (TPSA) is 84.8 Å². The van der Waals surface area contributed by atoms with Crippen molar-refractivity contribution < 1.29 is 8.42 Å².